The number of ether oxygens (including phenoxy) is 1. The molecule has 4 nitrogen and oxygen atoms in total. The summed E-state index contributed by atoms with van der Waals surface area (Å²) in [6, 6.07) is 10.3. The van der Waals surface area contributed by atoms with Gasteiger partial charge in [0.2, 0.25) is 0 Å². The Balaban J connectivity index is 1.69. The monoisotopic (exact) mass is 323 g/mol. The number of halogens is 2. The zero-order chi connectivity index (χ0) is 14.8. The molecule has 2 aromatic carbocycles. The van der Waals surface area contributed by atoms with Gasteiger partial charge >= 0.3 is 0 Å². The molecule has 0 fully saturated rings. The van der Waals surface area contributed by atoms with Crippen LogP contribution in [0.4, 0.5) is 0 Å². The van der Waals surface area contributed by atoms with Crippen molar-refractivity contribution in [2.45, 2.75) is 6.42 Å². The van der Waals surface area contributed by atoms with Crippen LogP contribution in [0.2, 0.25) is 10.0 Å². The highest BCUT2D eigenvalue weighted by Crippen LogP contribution is 2.36. The van der Waals surface area contributed by atoms with E-state index >= 15 is 0 Å². The van der Waals surface area contributed by atoms with Crippen LogP contribution in [0, 0.1) is 0 Å². The van der Waals surface area contributed by atoms with E-state index in [4.69, 9.17) is 32.4 Å². The first kappa shape index (κ1) is 14.0. The third-order valence-corrected chi connectivity index (χ3v) is 3.45. The van der Waals surface area contributed by atoms with E-state index in [1.165, 1.54) is 12.1 Å². The summed E-state index contributed by atoms with van der Waals surface area (Å²) in [5.74, 6) is 0.922. The molecule has 1 N–H and O–H groups in total. The normalized spacial score (nSPS) is 11.0. The lowest BCUT2D eigenvalue weighted by molar-refractivity contribution is 0.308. The van der Waals surface area contributed by atoms with Crippen LogP contribution >= 0.6 is 23.2 Å². The Hall–Kier alpha value is -1.91. The van der Waals surface area contributed by atoms with Gasteiger partial charge in [0.05, 0.1) is 23.1 Å². The highest BCUT2D eigenvalue weighted by Gasteiger charge is 2.11. The van der Waals surface area contributed by atoms with E-state index in [1.807, 2.05) is 24.3 Å². The summed E-state index contributed by atoms with van der Waals surface area (Å²) in [4.78, 5) is 4.35. The molecular formula is C15H11Cl2NO3. The minimum atomic E-state index is -0.00343. The lowest BCUT2D eigenvalue weighted by Crippen LogP contribution is -2.02. The Morgan fingerprint density at radius 3 is 2.57 bits per heavy atom. The molecular weight excluding hydrogens is 313 g/mol. The average molecular weight is 324 g/mol. The van der Waals surface area contributed by atoms with E-state index in [1.54, 1.807) is 0 Å². The summed E-state index contributed by atoms with van der Waals surface area (Å²) >= 11 is 11.9. The third kappa shape index (κ3) is 3.06. The number of nitrogens with zero attached hydrogens (tertiary/aromatic N) is 1. The lowest BCUT2D eigenvalue weighted by atomic mass is 10.3. The maximum Gasteiger partial charge on any atom is 0.198 e. The van der Waals surface area contributed by atoms with Crippen molar-refractivity contribution in [2.75, 3.05) is 6.61 Å². The number of fused-ring (bicyclic) bond motifs is 1. The molecule has 0 spiro atoms. The number of oxazole rings is 1. The molecule has 108 valence electrons. The first-order chi connectivity index (χ1) is 10.1. The SMILES string of the molecule is Oc1cc(Cl)c(OCCc2nc3ccccc3o2)c(Cl)c1. The van der Waals surface area contributed by atoms with Gasteiger partial charge in [-0.1, -0.05) is 35.3 Å². The molecule has 0 atom stereocenters. The van der Waals surface area contributed by atoms with Crippen LogP contribution in [0.5, 0.6) is 11.5 Å². The van der Waals surface area contributed by atoms with E-state index < -0.39 is 0 Å². The van der Waals surface area contributed by atoms with E-state index in [2.05, 4.69) is 4.98 Å². The molecule has 1 heterocycles. The van der Waals surface area contributed by atoms with Crippen molar-refractivity contribution in [1.29, 1.82) is 0 Å². The average Bonchev–Trinajstić information content (AvgIpc) is 2.84. The summed E-state index contributed by atoms with van der Waals surface area (Å²) < 4.78 is 11.1. The molecule has 0 saturated heterocycles. The predicted molar refractivity (Wildman–Crippen MR) is 81.3 cm³/mol. The van der Waals surface area contributed by atoms with Gasteiger partial charge in [-0.25, -0.2) is 4.98 Å². The number of para-hydroxylation sites is 2. The number of hydrogen-bond acceptors (Lipinski definition) is 4. The van der Waals surface area contributed by atoms with E-state index in [0.29, 0.717) is 24.7 Å². The molecule has 0 amide bonds. The minimum absolute atomic E-state index is 0.00343. The number of hydrogen-bond donors (Lipinski definition) is 1. The second-order valence-electron chi connectivity index (χ2n) is 4.41. The van der Waals surface area contributed by atoms with E-state index in [-0.39, 0.29) is 15.8 Å². The molecule has 6 heteroatoms. The van der Waals surface area contributed by atoms with Gasteiger partial charge in [-0.2, -0.15) is 0 Å². The van der Waals surface area contributed by atoms with Gasteiger partial charge in [-0.3, -0.25) is 0 Å². The van der Waals surface area contributed by atoms with Crippen molar-refractivity contribution >= 4 is 34.3 Å². The molecule has 0 saturated carbocycles. The molecule has 0 aliphatic rings. The fourth-order valence-electron chi connectivity index (χ4n) is 1.95. The van der Waals surface area contributed by atoms with Crippen LogP contribution in [0.15, 0.2) is 40.8 Å². The number of phenols is 1. The zero-order valence-electron chi connectivity index (χ0n) is 10.8. The Morgan fingerprint density at radius 1 is 1.14 bits per heavy atom. The van der Waals surface area contributed by atoms with Crippen molar-refractivity contribution in [3.05, 3.63) is 52.3 Å². The maximum atomic E-state index is 9.35. The Morgan fingerprint density at radius 2 is 1.86 bits per heavy atom. The van der Waals surface area contributed by atoms with Crippen molar-refractivity contribution in [3.63, 3.8) is 0 Å². The maximum absolute atomic E-state index is 9.35. The lowest BCUT2D eigenvalue weighted by Gasteiger charge is -2.09. The van der Waals surface area contributed by atoms with Gasteiger partial charge in [0.1, 0.15) is 11.3 Å². The summed E-state index contributed by atoms with van der Waals surface area (Å²) in [5.41, 5.74) is 1.56. The number of phenolic OH excluding ortho intramolecular Hbond substituents is 1. The molecule has 0 aliphatic carbocycles. The van der Waals surface area contributed by atoms with Crippen molar-refractivity contribution in [1.82, 2.24) is 4.98 Å². The summed E-state index contributed by atoms with van der Waals surface area (Å²) in [6.45, 7) is 0.317. The summed E-state index contributed by atoms with van der Waals surface area (Å²) in [7, 11) is 0. The first-order valence-electron chi connectivity index (χ1n) is 6.29. The van der Waals surface area contributed by atoms with Crippen LogP contribution in [0.3, 0.4) is 0 Å². The molecule has 0 aliphatic heterocycles. The van der Waals surface area contributed by atoms with Crippen LogP contribution in [0.1, 0.15) is 5.89 Å². The third-order valence-electron chi connectivity index (χ3n) is 2.88. The smallest absolute Gasteiger partial charge is 0.198 e. The zero-order valence-corrected chi connectivity index (χ0v) is 12.4. The Kier molecular flexibility index (Phi) is 3.90. The molecule has 3 rings (SSSR count). The minimum Gasteiger partial charge on any atom is -0.508 e. The first-order valence-corrected chi connectivity index (χ1v) is 7.04. The van der Waals surface area contributed by atoms with Crippen LogP contribution < -0.4 is 4.74 Å². The number of rotatable bonds is 4. The van der Waals surface area contributed by atoms with Crippen molar-refractivity contribution in [2.24, 2.45) is 0 Å². The van der Waals surface area contributed by atoms with Crippen molar-refractivity contribution in [3.8, 4) is 11.5 Å². The van der Waals surface area contributed by atoms with Gasteiger partial charge in [-0.15, -0.1) is 0 Å². The molecule has 3 aromatic rings. The second-order valence-corrected chi connectivity index (χ2v) is 5.23. The summed E-state index contributed by atoms with van der Waals surface area (Å²) in [5, 5.41) is 9.88. The van der Waals surface area contributed by atoms with Crippen LogP contribution in [-0.4, -0.2) is 16.7 Å². The Labute approximate surface area is 130 Å². The van der Waals surface area contributed by atoms with E-state index in [9.17, 15) is 5.11 Å². The highest BCUT2D eigenvalue weighted by molar-refractivity contribution is 6.37. The Bertz CT molecular complexity index is 729. The molecule has 0 unspecified atom stereocenters. The molecule has 0 bridgehead atoms. The quantitative estimate of drug-likeness (QED) is 0.770. The fourth-order valence-corrected chi connectivity index (χ4v) is 2.54. The number of aromatic hydroxyl groups is 1. The van der Waals surface area contributed by atoms with Crippen LogP contribution in [0.25, 0.3) is 11.1 Å². The van der Waals surface area contributed by atoms with Gasteiger partial charge in [0, 0.05) is 12.1 Å². The predicted octanol–water partition coefficient (Wildman–Crippen LogP) is 4.46. The molecule has 0 radical (unpaired) electrons. The highest BCUT2D eigenvalue weighted by atomic mass is 35.5. The van der Waals surface area contributed by atoms with Crippen LogP contribution in [-0.2, 0) is 6.42 Å². The topological polar surface area (TPSA) is 55.5 Å². The van der Waals surface area contributed by atoms with E-state index in [0.717, 1.165) is 11.1 Å². The molecule has 1 aromatic heterocycles. The summed E-state index contributed by atoms with van der Waals surface area (Å²) in [6.07, 6.45) is 0.488. The van der Waals surface area contributed by atoms with Crippen molar-refractivity contribution < 1.29 is 14.3 Å². The second kappa shape index (κ2) is 5.84. The van der Waals surface area contributed by atoms with Gasteiger partial charge in [-0.05, 0) is 12.1 Å². The largest absolute Gasteiger partial charge is 0.508 e. The van der Waals surface area contributed by atoms with Gasteiger partial charge < -0.3 is 14.3 Å². The van der Waals surface area contributed by atoms with Gasteiger partial charge in [0.25, 0.3) is 0 Å². The van der Waals surface area contributed by atoms with Gasteiger partial charge in [0.15, 0.2) is 17.2 Å². The number of aromatic nitrogens is 1. The number of benzene rings is 2. The molecule has 21 heavy (non-hydrogen) atoms. The standard InChI is InChI=1S/C15H11Cl2NO3/c16-10-7-9(19)8-11(17)15(10)20-6-5-14-18-12-3-1-2-4-13(12)21-14/h1-4,7-8,19H,5-6H2. The fraction of sp³-hybridized carbons (Fsp3) is 0.133.